The topological polar surface area (TPSA) is 3.24 Å². The fraction of sp³-hybridized carbons (Fsp3) is 0.455. The van der Waals surface area contributed by atoms with Crippen LogP contribution in [0.5, 0.6) is 0 Å². The summed E-state index contributed by atoms with van der Waals surface area (Å²) in [4.78, 5) is 2.64. The Morgan fingerprint density at radius 2 is 0.911 bits per heavy atom. The van der Waals surface area contributed by atoms with Crippen LogP contribution in [-0.4, -0.2) is 0 Å². The van der Waals surface area contributed by atoms with E-state index in [4.69, 9.17) is 0 Å². The van der Waals surface area contributed by atoms with E-state index < -0.39 is 0 Å². The van der Waals surface area contributed by atoms with Gasteiger partial charge in [0.05, 0.1) is 0 Å². The van der Waals surface area contributed by atoms with Crippen LogP contribution in [-0.2, 0) is 5.41 Å². The van der Waals surface area contributed by atoms with Gasteiger partial charge in [-0.05, 0) is 156 Å². The summed E-state index contributed by atoms with van der Waals surface area (Å²) in [5.74, 6) is 2.08. The van der Waals surface area contributed by atoms with Gasteiger partial charge in [-0.1, -0.05) is 157 Å². The minimum absolute atomic E-state index is 0.0575. The first-order chi connectivity index (χ1) is 27.6. The van der Waals surface area contributed by atoms with Crippen LogP contribution in [0.1, 0.15) is 181 Å². The molecule has 0 N–H and O–H groups in total. The molecule has 5 aromatic carbocycles. The maximum atomic E-state index is 2.65. The molecule has 0 unspecified atom stereocenters. The Bertz CT molecular complexity index is 2030. The summed E-state index contributed by atoms with van der Waals surface area (Å²) in [5, 5.41) is 0. The molecule has 3 saturated carbocycles. The van der Waals surface area contributed by atoms with Crippen LogP contribution in [0.25, 0.3) is 22.3 Å². The van der Waals surface area contributed by atoms with Crippen LogP contribution in [0.2, 0.25) is 0 Å². The third kappa shape index (κ3) is 7.29. The fourth-order valence-electron chi connectivity index (χ4n) is 11.9. The molecule has 0 bridgehead atoms. The van der Waals surface area contributed by atoms with Gasteiger partial charge < -0.3 is 4.90 Å². The molecule has 0 aromatic heterocycles. The summed E-state index contributed by atoms with van der Waals surface area (Å²) >= 11 is 0. The van der Waals surface area contributed by atoms with Gasteiger partial charge >= 0.3 is 0 Å². The number of rotatable bonds is 11. The minimum Gasteiger partial charge on any atom is -0.310 e. The van der Waals surface area contributed by atoms with Gasteiger partial charge in [-0.3, -0.25) is 0 Å². The van der Waals surface area contributed by atoms with Gasteiger partial charge in [0, 0.05) is 22.5 Å². The Hall–Kier alpha value is -4.10. The minimum atomic E-state index is 0.0575. The third-order valence-electron chi connectivity index (χ3n) is 14.7. The molecule has 0 atom stereocenters. The van der Waals surface area contributed by atoms with E-state index in [0.29, 0.717) is 11.8 Å². The highest BCUT2D eigenvalue weighted by atomic mass is 15.1. The predicted octanol–water partition coefficient (Wildman–Crippen LogP) is 16.8. The van der Waals surface area contributed by atoms with Crippen molar-refractivity contribution < 1.29 is 0 Å². The molecule has 4 aliphatic carbocycles. The highest BCUT2D eigenvalue weighted by Gasteiger charge is 2.42. The molecule has 0 amide bonds. The molecule has 0 heterocycles. The maximum absolute atomic E-state index is 2.65. The molecular formula is C55H65N. The Kier molecular flexibility index (Phi) is 11.2. The Morgan fingerprint density at radius 3 is 1.46 bits per heavy atom. The molecule has 9 rings (SSSR count). The van der Waals surface area contributed by atoms with Crippen molar-refractivity contribution in [1.82, 2.24) is 0 Å². The van der Waals surface area contributed by atoms with Crippen molar-refractivity contribution in [2.75, 3.05) is 4.90 Å². The molecule has 1 nitrogen and oxygen atoms in total. The smallest absolute Gasteiger partial charge is 0.0467 e. The second kappa shape index (κ2) is 16.8. The second-order valence-corrected chi connectivity index (χ2v) is 18.2. The van der Waals surface area contributed by atoms with E-state index in [1.807, 2.05) is 0 Å². The molecule has 0 aliphatic heterocycles. The normalized spacial score (nSPS) is 18.8. The molecule has 1 heteroatoms. The van der Waals surface area contributed by atoms with E-state index in [0.717, 1.165) is 5.92 Å². The molecule has 5 aromatic rings. The van der Waals surface area contributed by atoms with E-state index in [1.165, 1.54) is 172 Å². The number of fused-ring (bicyclic) bond motifs is 3. The van der Waals surface area contributed by atoms with Crippen LogP contribution in [0.4, 0.5) is 17.1 Å². The monoisotopic (exact) mass is 740 g/mol. The lowest BCUT2D eigenvalue weighted by atomic mass is 9.71. The van der Waals surface area contributed by atoms with E-state index in [1.54, 1.807) is 16.7 Å². The van der Waals surface area contributed by atoms with Gasteiger partial charge in [0.15, 0.2) is 0 Å². The summed E-state index contributed by atoms with van der Waals surface area (Å²) < 4.78 is 0. The van der Waals surface area contributed by atoms with E-state index in [-0.39, 0.29) is 5.41 Å². The van der Waals surface area contributed by atoms with Crippen LogP contribution in [0, 0.1) is 0 Å². The average molecular weight is 740 g/mol. The zero-order chi connectivity index (χ0) is 37.9. The van der Waals surface area contributed by atoms with E-state index in [9.17, 15) is 0 Å². The summed E-state index contributed by atoms with van der Waals surface area (Å²) in [6, 6.07) is 43.9. The highest BCUT2D eigenvalue weighted by Crippen LogP contribution is 2.55. The summed E-state index contributed by atoms with van der Waals surface area (Å²) in [5.41, 5.74) is 17.3. The van der Waals surface area contributed by atoms with Crippen LogP contribution in [0.15, 0.2) is 109 Å². The van der Waals surface area contributed by atoms with Crippen molar-refractivity contribution in [3.63, 3.8) is 0 Å². The zero-order valence-corrected chi connectivity index (χ0v) is 34.5. The van der Waals surface area contributed by atoms with Crippen molar-refractivity contribution in [1.29, 1.82) is 0 Å². The molecule has 0 radical (unpaired) electrons. The van der Waals surface area contributed by atoms with Gasteiger partial charge in [0.25, 0.3) is 0 Å². The standard InChI is InChI=1S/C55H65N/c1-3-34-55(35-4-2)53-23-15-14-22-51(53)52-33-32-49(39-54(52)55)56(48-30-28-45(29-31-48)44-26-24-43(25-27-44)40-16-8-5-9-17-40)50-37-46(41-18-10-6-11-19-41)36-47(38-50)42-20-12-7-13-21-42/h14-15,22-33,36-42H,3-13,16-21,34-35H2,1-2H3. The van der Waals surface area contributed by atoms with Crippen molar-refractivity contribution in [2.24, 2.45) is 0 Å². The van der Waals surface area contributed by atoms with Crippen molar-refractivity contribution in [3.05, 3.63) is 137 Å². The molecule has 0 spiro atoms. The van der Waals surface area contributed by atoms with Gasteiger partial charge in [-0.25, -0.2) is 0 Å². The molecule has 0 saturated heterocycles. The molecule has 290 valence electrons. The zero-order valence-electron chi connectivity index (χ0n) is 34.5. The SMILES string of the molecule is CCCC1(CCC)c2ccccc2-c2ccc(N(c3ccc(-c4ccc(C5CCCCC5)cc4)cc3)c3cc(C4CCCCC4)cc(C4CCCCC4)c3)cc21. The number of hydrogen-bond donors (Lipinski definition) is 0. The highest BCUT2D eigenvalue weighted by molar-refractivity contribution is 5.86. The molecule has 3 fully saturated rings. The maximum Gasteiger partial charge on any atom is 0.0467 e. The number of nitrogens with zero attached hydrogens (tertiary/aromatic N) is 1. The summed E-state index contributed by atoms with van der Waals surface area (Å²) in [6.45, 7) is 4.76. The number of benzene rings is 5. The van der Waals surface area contributed by atoms with Gasteiger partial charge in [0.2, 0.25) is 0 Å². The number of hydrogen-bond acceptors (Lipinski definition) is 1. The quantitative estimate of drug-likeness (QED) is 0.130. The van der Waals surface area contributed by atoms with Crippen LogP contribution in [0.3, 0.4) is 0 Å². The first-order valence-electron chi connectivity index (χ1n) is 23.0. The van der Waals surface area contributed by atoms with Gasteiger partial charge in [-0.15, -0.1) is 0 Å². The number of anilines is 3. The van der Waals surface area contributed by atoms with Crippen molar-refractivity contribution in [2.45, 2.75) is 159 Å². The van der Waals surface area contributed by atoms with Gasteiger partial charge in [0.1, 0.15) is 0 Å². The lowest BCUT2D eigenvalue weighted by Gasteiger charge is -2.34. The fourth-order valence-corrected chi connectivity index (χ4v) is 11.9. The Morgan fingerprint density at radius 1 is 0.429 bits per heavy atom. The Balaban J connectivity index is 1.16. The molecule has 4 aliphatic rings. The van der Waals surface area contributed by atoms with Crippen molar-refractivity contribution >= 4 is 17.1 Å². The van der Waals surface area contributed by atoms with Crippen molar-refractivity contribution in [3.8, 4) is 22.3 Å². The Labute approximate surface area is 339 Å². The summed E-state index contributed by atoms with van der Waals surface area (Å²) in [7, 11) is 0. The average Bonchev–Trinajstić information content (AvgIpc) is 3.53. The first kappa shape index (κ1) is 37.5. The lowest BCUT2D eigenvalue weighted by Crippen LogP contribution is -2.25. The molecule has 56 heavy (non-hydrogen) atoms. The largest absolute Gasteiger partial charge is 0.310 e. The van der Waals surface area contributed by atoms with Crippen LogP contribution >= 0.6 is 0 Å². The first-order valence-corrected chi connectivity index (χ1v) is 23.0. The van der Waals surface area contributed by atoms with Crippen LogP contribution < -0.4 is 4.90 Å². The van der Waals surface area contributed by atoms with Gasteiger partial charge in [-0.2, -0.15) is 0 Å². The lowest BCUT2D eigenvalue weighted by molar-refractivity contribution is 0.435. The predicted molar refractivity (Wildman–Crippen MR) is 240 cm³/mol. The second-order valence-electron chi connectivity index (χ2n) is 18.2. The van der Waals surface area contributed by atoms with E-state index >= 15 is 0 Å². The van der Waals surface area contributed by atoms with E-state index in [2.05, 4.69) is 128 Å². The summed E-state index contributed by atoms with van der Waals surface area (Å²) in [6.07, 6.45) is 25.1. The molecular weight excluding hydrogens is 675 g/mol. The third-order valence-corrected chi connectivity index (χ3v) is 14.7.